The summed E-state index contributed by atoms with van der Waals surface area (Å²) in [4.78, 5) is 26.5. The predicted molar refractivity (Wildman–Crippen MR) is 114 cm³/mol. The minimum Gasteiger partial charge on any atom is -0.348 e. The molecule has 150 valence electrons. The van der Waals surface area contributed by atoms with E-state index in [2.05, 4.69) is 10.6 Å². The average Bonchev–Trinajstić information content (AvgIpc) is 2.63. The molecule has 28 heavy (non-hydrogen) atoms. The second kappa shape index (κ2) is 10.0. The summed E-state index contributed by atoms with van der Waals surface area (Å²) in [5.41, 5.74) is 5.18. The van der Waals surface area contributed by atoms with Gasteiger partial charge in [-0.05, 0) is 50.9 Å². The molecular weight excluding hydrogens is 350 g/mol. The minimum absolute atomic E-state index is 0.0232. The van der Waals surface area contributed by atoms with Crippen LogP contribution in [0.2, 0.25) is 0 Å². The van der Waals surface area contributed by atoms with Crippen LogP contribution in [0.5, 0.6) is 0 Å². The van der Waals surface area contributed by atoms with E-state index in [0.717, 1.165) is 28.8 Å². The molecule has 0 unspecified atom stereocenters. The Morgan fingerprint density at radius 3 is 2.07 bits per heavy atom. The van der Waals surface area contributed by atoms with Crippen LogP contribution in [0.25, 0.3) is 0 Å². The van der Waals surface area contributed by atoms with Crippen molar-refractivity contribution in [2.45, 2.75) is 40.2 Å². The molecule has 0 fully saturated rings. The quantitative estimate of drug-likeness (QED) is 0.732. The lowest BCUT2D eigenvalue weighted by molar-refractivity contribution is -0.123. The van der Waals surface area contributed by atoms with Gasteiger partial charge in [-0.25, -0.2) is 0 Å². The molecular formula is C23H31N3O2. The molecule has 0 aromatic heterocycles. The number of hydrogen-bond acceptors (Lipinski definition) is 3. The number of rotatable bonds is 8. The van der Waals surface area contributed by atoms with Crippen molar-refractivity contribution in [1.29, 1.82) is 0 Å². The van der Waals surface area contributed by atoms with Crippen LogP contribution in [0, 0.1) is 20.8 Å². The van der Waals surface area contributed by atoms with E-state index in [1.807, 2.05) is 70.2 Å². The van der Waals surface area contributed by atoms with Crippen LogP contribution in [0.15, 0.2) is 42.5 Å². The lowest BCUT2D eigenvalue weighted by Gasteiger charge is -2.21. The first-order valence-corrected chi connectivity index (χ1v) is 9.70. The summed E-state index contributed by atoms with van der Waals surface area (Å²) >= 11 is 0. The number of para-hydroxylation sites is 1. The van der Waals surface area contributed by atoms with Gasteiger partial charge in [-0.2, -0.15) is 0 Å². The number of likely N-dealkylation sites (N-methyl/N-ethyl adjacent to an activating group) is 1. The van der Waals surface area contributed by atoms with Gasteiger partial charge < -0.3 is 10.6 Å². The first-order chi connectivity index (χ1) is 13.3. The van der Waals surface area contributed by atoms with Crippen LogP contribution in [0.3, 0.4) is 0 Å². The molecule has 0 aliphatic heterocycles. The minimum atomic E-state index is -0.127. The standard InChI is InChI=1S/C23H31N3O2/c1-6-20(19-12-10-16(2)11-13-19)24-21(27)14-26(5)15-22(28)25-23-17(3)8-7-9-18(23)4/h7-13,20H,6,14-15H2,1-5H3,(H,24,27)(H,25,28)/t20-/m0/s1. The fourth-order valence-corrected chi connectivity index (χ4v) is 3.20. The Labute approximate surface area is 168 Å². The number of carbonyl (C=O) groups excluding carboxylic acids is 2. The van der Waals surface area contributed by atoms with Crippen molar-refractivity contribution in [3.8, 4) is 0 Å². The maximum Gasteiger partial charge on any atom is 0.238 e. The number of anilines is 1. The Hall–Kier alpha value is -2.66. The molecule has 5 nitrogen and oxygen atoms in total. The molecule has 5 heteroatoms. The van der Waals surface area contributed by atoms with Gasteiger partial charge in [0.15, 0.2) is 0 Å². The normalized spacial score (nSPS) is 11.9. The zero-order valence-electron chi connectivity index (χ0n) is 17.5. The first-order valence-electron chi connectivity index (χ1n) is 9.70. The van der Waals surface area contributed by atoms with Crippen LogP contribution in [0.1, 0.15) is 41.6 Å². The van der Waals surface area contributed by atoms with Gasteiger partial charge in [0, 0.05) is 5.69 Å². The zero-order valence-corrected chi connectivity index (χ0v) is 17.5. The molecule has 2 N–H and O–H groups in total. The Morgan fingerprint density at radius 2 is 1.50 bits per heavy atom. The number of aryl methyl sites for hydroxylation is 3. The lowest BCUT2D eigenvalue weighted by atomic mass is 10.0. The van der Waals surface area contributed by atoms with Gasteiger partial charge >= 0.3 is 0 Å². The predicted octanol–water partition coefficient (Wildman–Crippen LogP) is 3.75. The van der Waals surface area contributed by atoms with E-state index in [-0.39, 0.29) is 30.9 Å². The van der Waals surface area contributed by atoms with Crippen LogP contribution in [-0.4, -0.2) is 36.9 Å². The molecule has 0 saturated carbocycles. The second-order valence-electron chi connectivity index (χ2n) is 7.43. The van der Waals surface area contributed by atoms with Crippen molar-refractivity contribution in [2.75, 3.05) is 25.5 Å². The summed E-state index contributed by atoms with van der Waals surface area (Å²) in [6.45, 7) is 8.35. The number of amides is 2. The SMILES string of the molecule is CC[C@H](NC(=O)CN(C)CC(=O)Nc1c(C)cccc1C)c1ccc(C)cc1. The van der Waals surface area contributed by atoms with E-state index >= 15 is 0 Å². The van der Waals surface area contributed by atoms with E-state index < -0.39 is 0 Å². The van der Waals surface area contributed by atoms with Crippen molar-refractivity contribution < 1.29 is 9.59 Å². The third kappa shape index (κ3) is 6.20. The number of hydrogen-bond donors (Lipinski definition) is 2. The Bertz CT molecular complexity index is 795. The highest BCUT2D eigenvalue weighted by molar-refractivity contribution is 5.94. The van der Waals surface area contributed by atoms with Gasteiger partial charge in [-0.15, -0.1) is 0 Å². The molecule has 2 aromatic rings. The molecule has 0 saturated heterocycles. The molecule has 0 aliphatic carbocycles. The van der Waals surface area contributed by atoms with E-state index in [9.17, 15) is 9.59 Å². The van der Waals surface area contributed by atoms with E-state index in [1.165, 1.54) is 5.56 Å². The number of carbonyl (C=O) groups is 2. The van der Waals surface area contributed by atoms with Crippen molar-refractivity contribution >= 4 is 17.5 Å². The fraction of sp³-hybridized carbons (Fsp3) is 0.391. The topological polar surface area (TPSA) is 61.4 Å². The van der Waals surface area contributed by atoms with Gasteiger partial charge in [0.25, 0.3) is 0 Å². The molecule has 0 radical (unpaired) electrons. The highest BCUT2D eigenvalue weighted by Crippen LogP contribution is 2.19. The molecule has 2 rings (SSSR count). The number of benzene rings is 2. The van der Waals surface area contributed by atoms with Crippen molar-refractivity contribution in [3.05, 3.63) is 64.7 Å². The van der Waals surface area contributed by atoms with Crippen LogP contribution >= 0.6 is 0 Å². The maximum absolute atomic E-state index is 12.4. The molecule has 0 aliphatic rings. The van der Waals surface area contributed by atoms with Gasteiger partial charge in [0.2, 0.25) is 11.8 Å². The molecule has 2 aromatic carbocycles. The van der Waals surface area contributed by atoms with Gasteiger partial charge in [-0.3, -0.25) is 14.5 Å². The van der Waals surface area contributed by atoms with Gasteiger partial charge in [0.05, 0.1) is 19.1 Å². The highest BCUT2D eigenvalue weighted by atomic mass is 16.2. The average molecular weight is 382 g/mol. The third-order valence-corrected chi connectivity index (χ3v) is 4.80. The number of nitrogens with one attached hydrogen (secondary N) is 2. The van der Waals surface area contributed by atoms with Gasteiger partial charge in [0.1, 0.15) is 0 Å². The highest BCUT2D eigenvalue weighted by Gasteiger charge is 2.16. The fourth-order valence-electron chi connectivity index (χ4n) is 3.20. The largest absolute Gasteiger partial charge is 0.348 e. The smallest absolute Gasteiger partial charge is 0.238 e. The molecule has 1 atom stereocenters. The summed E-state index contributed by atoms with van der Waals surface area (Å²) in [6, 6.07) is 14.1. The summed E-state index contributed by atoms with van der Waals surface area (Å²) in [7, 11) is 1.77. The van der Waals surface area contributed by atoms with Crippen LogP contribution in [0.4, 0.5) is 5.69 Å². The summed E-state index contributed by atoms with van der Waals surface area (Å²) in [6.07, 6.45) is 0.811. The Balaban J connectivity index is 1.87. The zero-order chi connectivity index (χ0) is 20.7. The Morgan fingerprint density at radius 1 is 0.929 bits per heavy atom. The van der Waals surface area contributed by atoms with Crippen molar-refractivity contribution in [3.63, 3.8) is 0 Å². The van der Waals surface area contributed by atoms with Crippen molar-refractivity contribution in [1.82, 2.24) is 10.2 Å². The third-order valence-electron chi connectivity index (χ3n) is 4.80. The maximum atomic E-state index is 12.4. The first kappa shape index (κ1) is 21.6. The van der Waals surface area contributed by atoms with E-state index in [0.29, 0.717) is 0 Å². The van der Waals surface area contributed by atoms with Crippen LogP contribution in [-0.2, 0) is 9.59 Å². The summed E-state index contributed by atoms with van der Waals surface area (Å²) in [5.74, 6) is -0.215. The van der Waals surface area contributed by atoms with Gasteiger partial charge in [-0.1, -0.05) is 55.0 Å². The Kier molecular flexibility index (Phi) is 7.76. The van der Waals surface area contributed by atoms with E-state index in [1.54, 1.807) is 11.9 Å². The lowest BCUT2D eigenvalue weighted by Crippen LogP contribution is -2.40. The summed E-state index contributed by atoms with van der Waals surface area (Å²) in [5, 5.41) is 6.02. The van der Waals surface area contributed by atoms with Crippen molar-refractivity contribution in [2.24, 2.45) is 0 Å². The van der Waals surface area contributed by atoms with Crippen LogP contribution < -0.4 is 10.6 Å². The second-order valence-corrected chi connectivity index (χ2v) is 7.43. The molecule has 0 spiro atoms. The molecule has 0 bridgehead atoms. The molecule has 0 heterocycles. The summed E-state index contributed by atoms with van der Waals surface area (Å²) < 4.78 is 0. The molecule has 2 amide bonds. The van der Waals surface area contributed by atoms with E-state index in [4.69, 9.17) is 0 Å². The number of nitrogens with zero attached hydrogens (tertiary/aromatic N) is 1. The monoisotopic (exact) mass is 381 g/mol.